The molecule has 22 heavy (non-hydrogen) atoms. The lowest BCUT2D eigenvalue weighted by Crippen LogP contribution is -2.34. The minimum absolute atomic E-state index is 0.0858. The van der Waals surface area contributed by atoms with E-state index < -0.39 is 24.6 Å². The van der Waals surface area contributed by atoms with Crippen molar-refractivity contribution in [1.82, 2.24) is 10.3 Å². The van der Waals surface area contributed by atoms with Gasteiger partial charge >= 0.3 is 12.1 Å². The first kappa shape index (κ1) is 15.4. The molecule has 2 rings (SSSR count). The van der Waals surface area contributed by atoms with Gasteiger partial charge in [-0.1, -0.05) is 24.3 Å². The smallest absolute Gasteiger partial charge is 0.413 e. The molecule has 0 aliphatic heterocycles. The molecule has 1 aromatic carbocycles. The topological polar surface area (TPSA) is 94.6 Å². The van der Waals surface area contributed by atoms with Crippen LogP contribution in [0.2, 0.25) is 0 Å². The highest BCUT2D eigenvalue weighted by molar-refractivity contribution is 5.95. The Labute approximate surface area is 126 Å². The lowest BCUT2D eigenvalue weighted by Gasteiger charge is -2.06. The minimum atomic E-state index is -0.882. The lowest BCUT2D eigenvalue weighted by atomic mass is 10.2. The third-order valence-electron chi connectivity index (χ3n) is 2.66. The number of fused-ring (bicyclic) bond motifs is 1. The van der Waals surface area contributed by atoms with Gasteiger partial charge in [-0.05, 0) is 19.1 Å². The minimum Gasteiger partial charge on any atom is -0.451 e. The van der Waals surface area contributed by atoms with Crippen LogP contribution in [0.4, 0.5) is 4.79 Å². The van der Waals surface area contributed by atoms with Crippen LogP contribution in [0.15, 0.2) is 36.4 Å². The maximum absolute atomic E-state index is 11.8. The average molecular weight is 302 g/mol. The molecule has 0 spiro atoms. The van der Waals surface area contributed by atoms with Crippen LogP contribution in [0.25, 0.3) is 10.9 Å². The number of carbonyl (C=O) groups is 3. The van der Waals surface area contributed by atoms with Crippen LogP contribution in [0.3, 0.4) is 0 Å². The van der Waals surface area contributed by atoms with E-state index in [0.717, 1.165) is 5.39 Å². The molecule has 2 amide bonds. The summed E-state index contributed by atoms with van der Waals surface area (Å²) in [5.74, 6) is -1.52. The van der Waals surface area contributed by atoms with Crippen LogP contribution in [-0.4, -0.2) is 36.2 Å². The number of aromatic nitrogens is 1. The molecule has 0 radical (unpaired) electrons. The Morgan fingerprint density at radius 2 is 1.86 bits per heavy atom. The predicted molar refractivity (Wildman–Crippen MR) is 77.2 cm³/mol. The number of alkyl carbamates (subject to hydrolysis) is 1. The predicted octanol–water partition coefficient (Wildman–Crippen LogP) is 1.66. The molecule has 0 aliphatic carbocycles. The Kier molecular flexibility index (Phi) is 5.02. The van der Waals surface area contributed by atoms with E-state index in [2.05, 4.69) is 9.72 Å². The Morgan fingerprint density at radius 3 is 2.64 bits per heavy atom. The molecule has 0 saturated carbocycles. The third kappa shape index (κ3) is 4.02. The molecule has 1 N–H and O–H groups in total. The van der Waals surface area contributed by atoms with Crippen LogP contribution < -0.4 is 5.32 Å². The molecule has 0 atom stereocenters. The van der Waals surface area contributed by atoms with Crippen molar-refractivity contribution in [3.8, 4) is 0 Å². The molecule has 7 nitrogen and oxygen atoms in total. The molecular weight excluding hydrogens is 288 g/mol. The highest BCUT2D eigenvalue weighted by atomic mass is 16.6. The molecule has 0 aliphatic rings. The summed E-state index contributed by atoms with van der Waals surface area (Å²) < 4.78 is 9.33. The summed E-state index contributed by atoms with van der Waals surface area (Å²) in [4.78, 5) is 38.3. The number of benzene rings is 1. The third-order valence-corrected chi connectivity index (χ3v) is 2.66. The number of nitrogens with zero attached hydrogens (tertiary/aromatic N) is 1. The van der Waals surface area contributed by atoms with Gasteiger partial charge in [0.05, 0.1) is 12.1 Å². The molecule has 0 fully saturated rings. The normalized spacial score (nSPS) is 10.0. The highest BCUT2D eigenvalue weighted by Gasteiger charge is 2.14. The van der Waals surface area contributed by atoms with Crippen molar-refractivity contribution in [2.45, 2.75) is 6.92 Å². The monoisotopic (exact) mass is 302 g/mol. The van der Waals surface area contributed by atoms with E-state index in [1.54, 1.807) is 25.1 Å². The number of hydrogen-bond donors (Lipinski definition) is 1. The molecule has 2 aromatic rings. The van der Waals surface area contributed by atoms with Gasteiger partial charge in [-0.25, -0.2) is 14.6 Å². The first-order chi connectivity index (χ1) is 10.6. The number of pyridine rings is 1. The zero-order chi connectivity index (χ0) is 15.9. The molecule has 0 saturated heterocycles. The number of ether oxygens (including phenoxy) is 2. The maximum atomic E-state index is 11.8. The molecule has 7 heteroatoms. The second kappa shape index (κ2) is 7.16. The van der Waals surface area contributed by atoms with Crippen LogP contribution in [0.1, 0.15) is 17.4 Å². The van der Waals surface area contributed by atoms with Crippen LogP contribution >= 0.6 is 0 Å². The van der Waals surface area contributed by atoms with E-state index in [1.165, 1.54) is 6.07 Å². The maximum Gasteiger partial charge on any atom is 0.413 e. The Morgan fingerprint density at radius 1 is 1.09 bits per heavy atom. The summed E-state index contributed by atoms with van der Waals surface area (Å²) in [7, 11) is 0. The van der Waals surface area contributed by atoms with E-state index in [1.807, 2.05) is 17.4 Å². The number of amides is 2. The summed E-state index contributed by atoms with van der Waals surface area (Å²) in [6, 6.07) is 10.5. The van der Waals surface area contributed by atoms with E-state index in [9.17, 15) is 14.4 Å². The number of carbonyl (C=O) groups excluding carboxylic acids is 3. The summed E-state index contributed by atoms with van der Waals surface area (Å²) >= 11 is 0. The van der Waals surface area contributed by atoms with E-state index in [4.69, 9.17) is 4.74 Å². The van der Waals surface area contributed by atoms with Crippen LogP contribution in [0, 0.1) is 0 Å². The zero-order valence-electron chi connectivity index (χ0n) is 11.9. The van der Waals surface area contributed by atoms with Crippen molar-refractivity contribution in [1.29, 1.82) is 0 Å². The molecule has 114 valence electrons. The highest BCUT2D eigenvalue weighted by Crippen LogP contribution is 2.12. The van der Waals surface area contributed by atoms with Crippen molar-refractivity contribution < 1.29 is 23.9 Å². The number of imide groups is 1. The van der Waals surface area contributed by atoms with Gasteiger partial charge in [-0.15, -0.1) is 0 Å². The van der Waals surface area contributed by atoms with Gasteiger partial charge in [-0.3, -0.25) is 10.1 Å². The fourth-order valence-corrected chi connectivity index (χ4v) is 1.70. The number of esters is 1. The van der Waals surface area contributed by atoms with Gasteiger partial charge in [0.2, 0.25) is 0 Å². The van der Waals surface area contributed by atoms with Gasteiger partial charge in [0.1, 0.15) is 5.69 Å². The second-order valence-electron chi connectivity index (χ2n) is 4.23. The van der Waals surface area contributed by atoms with Crippen molar-refractivity contribution >= 4 is 28.9 Å². The van der Waals surface area contributed by atoms with Gasteiger partial charge in [0.15, 0.2) is 6.61 Å². The molecule has 1 heterocycles. The summed E-state index contributed by atoms with van der Waals surface area (Å²) in [5, 5.41) is 2.81. The van der Waals surface area contributed by atoms with Crippen molar-refractivity contribution in [2.75, 3.05) is 13.2 Å². The Balaban J connectivity index is 1.93. The zero-order valence-corrected chi connectivity index (χ0v) is 11.9. The van der Waals surface area contributed by atoms with Crippen molar-refractivity contribution in [3.05, 3.63) is 42.1 Å². The second-order valence-corrected chi connectivity index (χ2v) is 4.23. The lowest BCUT2D eigenvalue weighted by molar-refractivity contribution is -0.123. The standard InChI is InChI=1S/C15H14N2O5/c1-2-21-15(20)17-13(18)9-22-14(19)12-8-7-10-5-3-4-6-11(10)16-12/h3-8H,2,9H2,1H3,(H,17,18,20). The molecule has 0 unspecified atom stereocenters. The largest absolute Gasteiger partial charge is 0.451 e. The van der Waals surface area contributed by atoms with Gasteiger partial charge < -0.3 is 9.47 Å². The van der Waals surface area contributed by atoms with Crippen molar-refractivity contribution in [2.24, 2.45) is 0 Å². The van der Waals surface area contributed by atoms with Crippen LogP contribution in [0.5, 0.6) is 0 Å². The van der Waals surface area contributed by atoms with Gasteiger partial charge in [0.25, 0.3) is 5.91 Å². The summed E-state index contributed by atoms with van der Waals surface area (Å²) in [6.45, 7) is 1.15. The molecule has 1 aromatic heterocycles. The number of hydrogen-bond acceptors (Lipinski definition) is 6. The Hall–Kier alpha value is -2.96. The number of rotatable bonds is 4. The fourth-order valence-electron chi connectivity index (χ4n) is 1.70. The van der Waals surface area contributed by atoms with Gasteiger partial charge in [-0.2, -0.15) is 0 Å². The molecular formula is C15H14N2O5. The first-order valence-corrected chi connectivity index (χ1v) is 6.59. The van der Waals surface area contributed by atoms with E-state index >= 15 is 0 Å². The van der Waals surface area contributed by atoms with E-state index in [0.29, 0.717) is 5.52 Å². The molecule has 0 bridgehead atoms. The summed E-state index contributed by atoms with van der Waals surface area (Å²) in [5.41, 5.74) is 0.732. The Bertz CT molecular complexity index is 714. The van der Waals surface area contributed by atoms with Gasteiger partial charge in [0, 0.05) is 5.39 Å². The van der Waals surface area contributed by atoms with E-state index in [-0.39, 0.29) is 12.3 Å². The van der Waals surface area contributed by atoms with Crippen LogP contribution in [-0.2, 0) is 14.3 Å². The number of nitrogens with one attached hydrogen (secondary N) is 1. The van der Waals surface area contributed by atoms with Crippen molar-refractivity contribution in [3.63, 3.8) is 0 Å². The SMILES string of the molecule is CCOC(=O)NC(=O)COC(=O)c1ccc2ccccc2n1. The quantitative estimate of drug-likeness (QED) is 0.863. The number of para-hydroxylation sites is 1. The first-order valence-electron chi connectivity index (χ1n) is 6.59. The fraction of sp³-hybridized carbons (Fsp3) is 0.200. The summed E-state index contributed by atoms with van der Waals surface area (Å²) in [6.07, 6.45) is -0.882. The average Bonchev–Trinajstić information content (AvgIpc) is 2.52.